The molecule has 2 aromatic heterocycles. The van der Waals surface area contributed by atoms with Crippen LogP contribution in [-0.2, 0) is 5.75 Å². The second kappa shape index (κ2) is 8.49. The van der Waals surface area contributed by atoms with Crippen LogP contribution in [0.1, 0.15) is 15.9 Å². The first kappa shape index (κ1) is 19.1. The van der Waals surface area contributed by atoms with Crippen molar-refractivity contribution in [3.05, 3.63) is 71.2 Å². The molecule has 152 valence electrons. The molecule has 3 heterocycles. The molecule has 0 spiro atoms. The molecular weight excluding hydrogens is 416 g/mol. The third-order valence-corrected chi connectivity index (χ3v) is 6.84. The van der Waals surface area contributed by atoms with Crippen LogP contribution < -0.4 is 4.90 Å². The molecule has 0 aliphatic carbocycles. The first-order chi connectivity index (χ1) is 14.8. The molecule has 4 aromatic rings. The Morgan fingerprint density at radius 1 is 1.07 bits per heavy atom. The minimum atomic E-state index is 0.0857. The summed E-state index contributed by atoms with van der Waals surface area (Å²) < 4.78 is 5.80. The van der Waals surface area contributed by atoms with Crippen LogP contribution >= 0.6 is 23.1 Å². The maximum Gasteiger partial charge on any atom is 0.257 e. The average Bonchev–Trinajstić information content (AvgIpc) is 3.47. The molecule has 8 heteroatoms. The lowest BCUT2D eigenvalue weighted by Crippen LogP contribution is -2.49. The number of carbonyl (C=O) groups excluding carboxylic acids is 1. The number of hydrogen-bond acceptors (Lipinski definition) is 7. The van der Waals surface area contributed by atoms with Gasteiger partial charge in [-0.1, -0.05) is 42.1 Å². The Kier molecular flexibility index (Phi) is 5.42. The number of carbonyl (C=O) groups is 1. The van der Waals surface area contributed by atoms with Crippen molar-refractivity contribution in [2.45, 2.75) is 11.0 Å². The van der Waals surface area contributed by atoms with Gasteiger partial charge in [-0.3, -0.25) is 4.79 Å². The van der Waals surface area contributed by atoms with Gasteiger partial charge in [0.05, 0.1) is 0 Å². The van der Waals surface area contributed by atoms with Crippen molar-refractivity contribution < 1.29 is 9.21 Å². The Balaban J connectivity index is 1.26. The summed E-state index contributed by atoms with van der Waals surface area (Å²) in [7, 11) is 0. The largest absolute Gasteiger partial charge is 0.431 e. The summed E-state index contributed by atoms with van der Waals surface area (Å²) in [6.07, 6.45) is 1.82. The summed E-state index contributed by atoms with van der Waals surface area (Å²) in [5.74, 6) is 0.718. The second-order valence-electron chi connectivity index (χ2n) is 6.99. The summed E-state index contributed by atoms with van der Waals surface area (Å²) in [5.41, 5.74) is 3.38. The average molecular weight is 437 g/mol. The molecule has 1 amide bonds. The van der Waals surface area contributed by atoms with Crippen LogP contribution in [0.4, 0.5) is 5.13 Å². The van der Waals surface area contributed by atoms with Crippen molar-refractivity contribution in [3.63, 3.8) is 0 Å². The molecule has 1 saturated heterocycles. The van der Waals surface area contributed by atoms with Gasteiger partial charge in [0.1, 0.15) is 5.52 Å². The maximum atomic E-state index is 13.2. The molecular formula is C22H20N4O2S2. The predicted molar refractivity (Wildman–Crippen MR) is 120 cm³/mol. The van der Waals surface area contributed by atoms with Gasteiger partial charge in [-0.25, -0.2) is 9.97 Å². The minimum Gasteiger partial charge on any atom is -0.431 e. The fourth-order valence-electron chi connectivity index (χ4n) is 3.55. The Morgan fingerprint density at radius 3 is 2.67 bits per heavy atom. The van der Waals surface area contributed by atoms with E-state index in [0.717, 1.165) is 40.4 Å². The van der Waals surface area contributed by atoms with Gasteiger partial charge in [-0.2, -0.15) is 0 Å². The quantitative estimate of drug-likeness (QED) is 0.428. The third kappa shape index (κ3) is 3.93. The molecule has 0 unspecified atom stereocenters. The van der Waals surface area contributed by atoms with E-state index in [2.05, 4.69) is 14.9 Å². The van der Waals surface area contributed by atoms with E-state index in [1.165, 1.54) is 11.8 Å². The number of thioether (sulfide) groups is 1. The van der Waals surface area contributed by atoms with Crippen LogP contribution in [0.3, 0.4) is 0 Å². The number of piperazine rings is 1. The van der Waals surface area contributed by atoms with Gasteiger partial charge in [-0.15, -0.1) is 11.3 Å². The summed E-state index contributed by atoms with van der Waals surface area (Å²) in [6.45, 7) is 3.01. The number of aromatic nitrogens is 2. The molecule has 0 bridgehead atoms. The first-order valence-electron chi connectivity index (χ1n) is 9.78. The van der Waals surface area contributed by atoms with Gasteiger partial charge in [0.2, 0.25) is 0 Å². The molecule has 2 aromatic carbocycles. The number of para-hydroxylation sites is 2. The van der Waals surface area contributed by atoms with Gasteiger partial charge in [-0.05, 0) is 23.8 Å². The summed E-state index contributed by atoms with van der Waals surface area (Å²) in [5, 5.41) is 3.63. The number of thiazole rings is 1. The summed E-state index contributed by atoms with van der Waals surface area (Å²) in [6, 6.07) is 15.5. The Labute approximate surface area is 182 Å². The van der Waals surface area contributed by atoms with Gasteiger partial charge in [0.25, 0.3) is 11.1 Å². The molecule has 5 rings (SSSR count). The van der Waals surface area contributed by atoms with E-state index in [1.54, 1.807) is 11.3 Å². The number of hydrogen-bond donors (Lipinski definition) is 0. The van der Waals surface area contributed by atoms with Crippen LogP contribution in [0.15, 0.2) is 69.7 Å². The molecule has 0 saturated carbocycles. The molecule has 0 atom stereocenters. The molecule has 1 aliphatic heterocycles. The standard InChI is InChI=1S/C22H20N4O2S2/c27-20(25-10-12-26(13-11-25)21-23-9-14-29-21)17-6-2-1-5-16(17)15-30-22-24-18-7-3-4-8-19(18)28-22/h1-9,14H,10-13,15H2. The monoisotopic (exact) mass is 436 g/mol. The van der Waals surface area contributed by atoms with Gasteiger partial charge < -0.3 is 14.2 Å². The van der Waals surface area contributed by atoms with Crippen molar-refractivity contribution in [1.82, 2.24) is 14.9 Å². The zero-order chi connectivity index (χ0) is 20.3. The minimum absolute atomic E-state index is 0.0857. The van der Waals surface area contributed by atoms with Gasteiger partial charge in [0, 0.05) is 49.1 Å². The second-order valence-corrected chi connectivity index (χ2v) is 8.79. The number of amides is 1. The van der Waals surface area contributed by atoms with E-state index in [-0.39, 0.29) is 5.91 Å². The fraction of sp³-hybridized carbons (Fsp3) is 0.227. The molecule has 1 aliphatic rings. The number of nitrogens with zero attached hydrogens (tertiary/aromatic N) is 4. The van der Waals surface area contributed by atoms with Gasteiger partial charge >= 0.3 is 0 Å². The number of rotatable bonds is 5. The highest BCUT2D eigenvalue weighted by Gasteiger charge is 2.24. The van der Waals surface area contributed by atoms with Crippen LogP contribution in [0, 0.1) is 0 Å². The van der Waals surface area contributed by atoms with Crippen molar-refractivity contribution in [3.8, 4) is 0 Å². The first-order valence-corrected chi connectivity index (χ1v) is 11.6. The number of benzene rings is 2. The Morgan fingerprint density at radius 2 is 1.87 bits per heavy atom. The van der Waals surface area contributed by atoms with Crippen LogP contribution in [0.5, 0.6) is 0 Å². The molecule has 1 fully saturated rings. The topological polar surface area (TPSA) is 62.5 Å². The SMILES string of the molecule is O=C(c1ccccc1CSc1nc2ccccc2o1)N1CCN(c2nccs2)CC1. The van der Waals surface area contributed by atoms with Crippen molar-refractivity contribution in [2.24, 2.45) is 0 Å². The van der Waals surface area contributed by atoms with Crippen molar-refractivity contribution in [2.75, 3.05) is 31.1 Å². The van der Waals surface area contributed by atoms with Crippen molar-refractivity contribution in [1.29, 1.82) is 0 Å². The molecule has 0 radical (unpaired) electrons. The van der Waals surface area contributed by atoms with E-state index < -0.39 is 0 Å². The van der Waals surface area contributed by atoms with E-state index >= 15 is 0 Å². The van der Waals surface area contributed by atoms with E-state index in [9.17, 15) is 4.79 Å². The highest BCUT2D eigenvalue weighted by molar-refractivity contribution is 7.98. The molecule has 0 N–H and O–H groups in total. The molecule has 6 nitrogen and oxygen atoms in total. The van der Waals surface area contributed by atoms with Crippen molar-refractivity contribution >= 4 is 45.2 Å². The van der Waals surface area contributed by atoms with E-state index in [1.807, 2.05) is 65.0 Å². The lowest BCUT2D eigenvalue weighted by Gasteiger charge is -2.34. The highest BCUT2D eigenvalue weighted by atomic mass is 32.2. The van der Waals surface area contributed by atoms with E-state index in [4.69, 9.17) is 4.42 Å². The highest BCUT2D eigenvalue weighted by Crippen LogP contribution is 2.28. The summed E-state index contributed by atoms with van der Waals surface area (Å²) >= 11 is 3.15. The fourth-order valence-corrected chi connectivity index (χ4v) is 5.09. The van der Waals surface area contributed by atoms with E-state index in [0.29, 0.717) is 24.1 Å². The molecule has 30 heavy (non-hydrogen) atoms. The third-order valence-electron chi connectivity index (χ3n) is 5.13. The zero-order valence-electron chi connectivity index (χ0n) is 16.2. The van der Waals surface area contributed by atoms with Crippen LogP contribution in [0.25, 0.3) is 11.1 Å². The number of fused-ring (bicyclic) bond motifs is 1. The zero-order valence-corrected chi connectivity index (χ0v) is 17.9. The normalized spacial score (nSPS) is 14.4. The smallest absolute Gasteiger partial charge is 0.257 e. The summed E-state index contributed by atoms with van der Waals surface area (Å²) in [4.78, 5) is 26.3. The van der Waals surface area contributed by atoms with Gasteiger partial charge in [0.15, 0.2) is 10.7 Å². The lowest BCUT2D eigenvalue weighted by atomic mass is 10.1. The lowest BCUT2D eigenvalue weighted by molar-refractivity contribution is 0.0746. The Bertz CT molecular complexity index is 1120. The number of anilines is 1. The predicted octanol–water partition coefficient (Wildman–Crippen LogP) is 4.54. The maximum absolute atomic E-state index is 13.2. The van der Waals surface area contributed by atoms with Crippen LogP contribution in [-0.4, -0.2) is 47.0 Å². The number of oxazole rings is 1. The Hall–Kier alpha value is -2.84. The van der Waals surface area contributed by atoms with Crippen LogP contribution in [0.2, 0.25) is 0 Å².